The molecule has 0 aromatic carbocycles. The molecule has 4 heterocycles. The summed E-state index contributed by atoms with van der Waals surface area (Å²) in [6.07, 6.45) is 2.95. The highest BCUT2D eigenvalue weighted by Gasteiger charge is 2.29. The van der Waals surface area contributed by atoms with Gasteiger partial charge in [-0.25, -0.2) is 4.98 Å². The number of aryl methyl sites for hydroxylation is 1. The van der Waals surface area contributed by atoms with Gasteiger partial charge in [0.05, 0.1) is 38.1 Å². The van der Waals surface area contributed by atoms with Gasteiger partial charge in [-0.05, 0) is 19.1 Å². The van der Waals surface area contributed by atoms with Gasteiger partial charge in [-0.1, -0.05) is 22.9 Å². The van der Waals surface area contributed by atoms with Gasteiger partial charge in [0.15, 0.2) is 0 Å². The summed E-state index contributed by atoms with van der Waals surface area (Å²) in [6, 6.07) is 3.40. The summed E-state index contributed by atoms with van der Waals surface area (Å²) in [6.45, 7) is 2.80. The molecular formula is C20H19ClN6O4S. The van der Waals surface area contributed by atoms with Crippen LogP contribution in [-0.4, -0.2) is 70.3 Å². The molecule has 10 nitrogen and oxygen atoms in total. The Morgan fingerprint density at radius 2 is 2.00 bits per heavy atom. The number of amides is 2. The molecule has 4 rings (SSSR count). The molecule has 0 bridgehead atoms. The van der Waals surface area contributed by atoms with Crippen LogP contribution in [0.25, 0.3) is 11.1 Å². The number of ether oxygens (including phenoxy) is 2. The van der Waals surface area contributed by atoms with Crippen LogP contribution < -0.4 is 10.1 Å². The number of hydrogen-bond donors (Lipinski definition) is 1. The fraction of sp³-hybridized carbons (Fsp3) is 0.300. The molecule has 1 aliphatic rings. The van der Waals surface area contributed by atoms with Crippen LogP contribution in [0.4, 0.5) is 5.13 Å². The lowest BCUT2D eigenvalue weighted by molar-refractivity contribution is -0.0468. The van der Waals surface area contributed by atoms with Gasteiger partial charge in [0.1, 0.15) is 10.9 Å². The monoisotopic (exact) mass is 474 g/mol. The number of nitrogens with one attached hydrogen (secondary N) is 1. The Balaban J connectivity index is 1.59. The van der Waals surface area contributed by atoms with Crippen LogP contribution in [0.15, 0.2) is 24.5 Å². The maximum absolute atomic E-state index is 13.1. The Labute approximate surface area is 192 Å². The van der Waals surface area contributed by atoms with Crippen LogP contribution in [-0.2, 0) is 4.74 Å². The normalized spacial score (nSPS) is 13.4. The van der Waals surface area contributed by atoms with Gasteiger partial charge in [-0.15, -0.1) is 10.2 Å². The highest BCUT2D eigenvalue weighted by atomic mass is 35.5. The van der Waals surface area contributed by atoms with Crippen LogP contribution >= 0.6 is 22.9 Å². The Morgan fingerprint density at radius 1 is 1.22 bits per heavy atom. The van der Waals surface area contributed by atoms with Crippen LogP contribution in [0.2, 0.25) is 5.15 Å². The molecule has 0 spiro atoms. The standard InChI is InChI=1S/C20H19ClN6O4S/c1-10-4-12(13-5-16(21)23-7-15(13)30-3)14(6-22-10)17(28)24-20-26-25-18(32-20)19(29)27(2)11-8-31-9-11/h4-7,11H,8-9H2,1-3H3,(H,24,26,28). The van der Waals surface area contributed by atoms with Crippen molar-refractivity contribution < 1.29 is 19.1 Å². The zero-order valence-corrected chi connectivity index (χ0v) is 19.0. The van der Waals surface area contributed by atoms with Gasteiger partial charge in [-0.2, -0.15) is 0 Å². The lowest BCUT2D eigenvalue weighted by atomic mass is 10.0. The first-order valence-corrected chi connectivity index (χ1v) is 10.7. The van der Waals surface area contributed by atoms with E-state index in [4.69, 9.17) is 21.1 Å². The molecule has 12 heteroatoms. The number of hydrogen-bond acceptors (Lipinski definition) is 9. The fourth-order valence-corrected chi connectivity index (χ4v) is 3.92. The molecule has 0 aliphatic carbocycles. The van der Waals surface area contributed by atoms with Crippen LogP contribution in [0.3, 0.4) is 0 Å². The van der Waals surface area contributed by atoms with Crippen molar-refractivity contribution in [3.8, 4) is 16.9 Å². The second-order valence-electron chi connectivity index (χ2n) is 7.05. The summed E-state index contributed by atoms with van der Waals surface area (Å²) in [4.78, 5) is 35.4. The van der Waals surface area contributed by atoms with Gasteiger partial charge in [0.2, 0.25) is 10.1 Å². The first-order chi connectivity index (χ1) is 15.4. The lowest BCUT2D eigenvalue weighted by Gasteiger charge is -2.33. The molecular weight excluding hydrogens is 456 g/mol. The van der Waals surface area contributed by atoms with Gasteiger partial charge in [0.25, 0.3) is 11.8 Å². The van der Waals surface area contributed by atoms with E-state index in [2.05, 4.69) is 25.5 Å². The Hall–Kier alpha value is -3.15. The summed E-state index contributed by atoms with van der Waals surface area (Å²) < 4.78 is 10.5. The van der Waals surface area contributed by atoms with E-state index in [1.807, 2.05) is 6.92 Å². The molecule has 1 saturated heterocycles. The quantitative estimate of drug-likeness (QED) is 0.541. The van der Waals surface area contributed by atoms with Crippen molar-refractivity contribution in [1.82, 2.24) is 25.1 Å². The van der Waals surface area contributed by atoms with Crippen LogP contribution in [0.1, 0.15) is 25.9 Å². The van der Waals surface area contributed by atoms with E-state index >= 15 is 0 Å². The number of methoxy groups -OCH3 is 1. The summed E-state index contributed by atoms with van der Waals surface area (Å²) in [7, 11) is 3.20. The average Bonchev–Trinajstić information content (AvgIpc) is 3.20. The minimum absolute atomic E-state index is 0.0211. The van der Waals surface area contributed by atoms with Crippen LogP contribution in [0, 0.1) is 6.92 Å². The second kappa shape index (κ2) is 9.15. The minimum Gasteiger partial charge on any atom is -0.494 e. The SMILES string of the molecule is COc1cnc(Cl)cc1-c1cc(C)ncc1C(=O)Nc1nnc(C(=O)N(C)C2COC2)s1. The topological polar surface area (TPSA) is 119 Å². The second-order valence-corrected chi connectivity index (χ2v) is 8.42. The van der Waals surface area contributed by atoms with E-state index in [1.54, 1.807) is 24.1 Å². The summed E-state index contributed by atoms with van der Waals surface area (Å²) in [5, 5.41) is 11.2. The van der Waals surface area contributed by atoms with Crippen molar-refractivity contribution in [3.05, 3.63) is 45.9 Å². The molecule has 0 atom stereocenters. The highest BCUT2D eigenvalue weighted by molar-refractivity contribution is 7.17. The van der Waals surface area contributed by atoms with E-state index in [1.165, 1.54) is 19.5 Å². The Kier molecular flexibility index (Phi) is 6.31. The molecule has 166 valence electrons. The first kappa shape index (κ1) is 22.1. The number of anilines is 1. The Morgan fingerprint density at radius 3 is 2.69 bits per heavy atom. The number of carbonyl (C=O) groups excluding carboxylic acids is 2. The predicted octanol–water partition coefficient (Wildman–Crippen LogP) is 2.69. The third kappa shape index (κ3) is 4.40. The van der Waals surface area contributed by atoms with Gasteiger partial charge < -0.3 is 14.4 Å². The number of pyridine rings is 2. The fourth-order valence-electron chi connectivity index (χ4n) is 3.04. The van der Waals surface area contributed by atoms with Gasteiger partial charge in [0, 0.05) is 30.1 Å². The molecule has 0 saturated carbocycles. The number of aromatic nitrogens is 4. The number of likely N-dealkylation sites (N-methyl/N-ethyl adjacent to an activating group) is 1. The molecule has 0 unspecified atom stereocenters. The van der Waals surface area contributed by atoms with Crippen molar-refractivity contribution in [2.45, 2.75) is 13.0 Å². The first-order valence-electron chi connectivity index (χ1n) is 9.53. The maximum Gasteiger partial charge on any atom is 0.285 e. The largest absolute Gasteiger partial charge is 0.494 e. The molecule has 0 radical (unpaired) electrons. The predicted molar refractivity (Wildman–Crippen MR) is 118 cm³/mol. The molecule has 3 aromatic rings. The highest BCUT2D eigenvalue weighted by Crippen LogP contribution is 2.34. The third-order valence-electron chi connectivity index (χ3n) is 4.95. The van der Waals surface area contributed by atoms with Crippen molar-refractivity contribution in [2.75, 3.05) is 32.7 Å². The zero-order chi connectivity index (χ0) is 22.8. The van der Waals surface area contributed by atoms with Crippen molar-refractivity contribution >= 4 is 39.9 Å². The van der Waals surface area contributed by atoms with E-state index in [0.29, 0.717) is 35.8 Å². The van der Waals surface area contributed by atoms with Crippen LogP contribution in [0.5, 0.6) is 5.75 Å². The minimum atomic E-state index is -0.460. The van der Waals surface area contributed by atoms with Gasteiger partial charge >= 0.3 is 0 Å². The summed E-state index contributed by atoms with van der Waals surface area (Å²) in [5.41, 5.74) is 2.16. The van der Waals surface area contributed by atoms with E-state index in [0.717, 1.165) is 11.3 Å². The number of nitrogens with zero attached hydrogens (tertiary/aromatic N) is 5. The number of rotatable bonds is 6. The maximum atomic E-state index is 13.1. The van der Waals surface area contributed by atoms with Gasteiger partial charge in [-0.3, -0.25) is 19.9 Å². The molecule has 3 aromatic heterocycles. The Bertz CT molecular complexity index is 1180. The van der Waals surface area contributed by atoms with Crippen molar-refractivity contribution in [2.24, 2.45) is 0 Å². The molecule has 1 fully saturated rings. The lowest BCUT2D eigenvalue weighted by Crippen LogP contribution is -2.49. The average molecular weight is 475 g/mol. The summed E-state index contributed by atoms with van der Waals surface area (Å²) >= 11 is 7.07. The molecule has 1 N–H and O–H groups in total. The zero-order valence-electron chi connectivity index (χ0n) is 17.5. The third-order valence-corrected chi connectivity index (χ3v) is 5.98. The molecule has 32 heavy (non-hydrogen) atoms. The van der Waals surface area contributed by atoms with E-state index in [9.17, 15) is 9.59 Å². The number of carbonyl (C=O) groups is 2. The van der Waals surface area contributed by atoms with Crippen molar-refractivity contribution in [3.63, 3.8) is 0 Å². The van der Waals surface area contributed by atoms with E-state index in [-0.39, 0.29) is 32.8 Å². The van der Waals surface area contributed by atoms with Crippen molar-refractivity contribution in [1.29, 1.82) is 0 Å². The summed E-state index contributed by atoms with van der Waals surface area (Å²) in [5.74, 6) is -0.274. The molecule has 1 aliphatic heterocycles. The molecule has 2 amide bonds. The van der Waals surface area contributed by atoms with E-state index < -0.39 is 5.91 Å². The smallest absolute Gasteiger partial charge is 0.285 e. The number of halogens is 1.